The first kappa shape index (κ1) is 26.6. The summed E-state index contributed by atoms with van der Waals surface area (Å²) in [6, 6.07) is 9.09. The number of fused-ring (bicyclic) bond motifs is 1. The van der Waals surface area contributed by atoms with E-state index in [1.807, 2.05) is 49.9 Å². The van der Waals surface area contributed by atoms with E-state index in [0.717, 1.165) is 29.6 Å². The van der Waals surface area contributed by atoms with Crippen molar-refractivity contribution in [1.29, 1.82) is 0 Å². The molecule has 0 atom stereocenters. The number of hydrogen-bond acceptors (Lipinski definition) is 6. The average molecular weight is 525 g/mol. The number of thiazole rings is 1. The van der Waals surface area contributed by atoms with Crippen molar-refractivity contribution in [2.75, 3.05) is 19.1 Å². The van der Waals surface area contributed by atoms with Crippen molar-refractivity contribution in [3.63, 3.8) is 0 Å². The second kappa shape index (κ2) is 10.7. The van der Waals surface area contributed by atoms with Crippen molar-refractivity contribution >= 4 is 45.9 Å². The first-order valence-electron chi connectivity index (χ1n) is 10.7. The molecule has 0 aliphatic carbocycles. The summed E-state index contributed by atoms with van der Waals surface area (Å²) in [7, 11) is 4.80. The van der Waals surface area contributed by atoms with Crippen molar-refractivity contribution < 1.29 is 27.3 Å². The molecule has 1 aliphatic heterocycles. The van der Waals surface area contributed by atoms with Crippen LogP contribution >= 0.6 is 23.1 Å². The zero-order valence-electron chi connectivity index (χ0n) is 19.8. The molecule has 0 N–H and O–H groups in total. The van der Waals surface area contributed by atoms with Gasteiger partial charge in [-0.3, -0.25) is 14.2 Å². The maximum atomic E-state index is 13.3. The number of benzene rings is 1. The number of rotatable bonds is 3. The van der Waals surface area contributed by atoms with Gasteiger partial charge < -0.3 is 9.64 Å². The summed E-state index contributed by atoms with van der Waals surface area (Å²) in [6.07, 6.45) is -0.818. The molecular weight excluding hydrogens is 499 g/mol. The summed E-state index contributed by atoms with van der Waals surface area (Å²) in [5.74, 6) is -0.580. The molecule has 11 heteroatoms. The van der Waals surface area contributed by atoms with Crippen LogP contribution in [0.4, 0.5) is 18.9 Å². The lowest BCUT2D eigenvalue weighted by Gasteiger charge is -2.13. The number of anilines is 1. The Morgan fingerprint density at radius 1 is 1.20 bits per heavy atom. The Kier molecular flexibility index (Phi) is 8.11. The number of aryl methyl sites for hydroxylation is 1. The Morgan fingerprint density at radius 2 is 1.91 bits per heavy atom. The van der Waals surface area contributed by atoms with Crippen molar-refractivity contribution in [1.82, 2.24) is 4.57 Å². The minimum atomic E-state index is -4.46. The number of aromatic nitrogens is 2. The summed E-state index contributed by atoms with van der Waals surface area (Å²) >= 11 is 2.28. The number of thioether (sulfide) groups is 1. The molecule has 0 fully saturated rings. The highest BCUT2D eigenvalue weighted by molar-refractivity contribution is 8.08. The SMILES string of the molecule is CC.COC(=O)Cn1c(=O)/c(=C2\Sc3cc(C(F)(F)F)ccc3N2C)s/c1=C\c1cccc[n+]1C. The number of ether oxygens (including phenoxy) is 1. The van der Waals surface area contributed by atoms with E-state index in [0.29, 0.717) is 24.8 Å². The van der Waals surface area contributed by atoms with Crippen LogP contribution in [0, 0.1) is 0 Å². The second-order valence-corrected chi connectivity index (χ2v) is 9.33. The Bertz CT molecular complexity index is 1430. The molecular formula is C24H25F3N3O3S2+. The molecule has 35 heavy (non-hydrogen) atoms. The van der Waals surface area contributed by atoms with E-state index >= 15 is 0 Å². The Balaban J connectivity index is 0.00000167. The van der Waals surface area contributed by atoms with Gasteiger partial charge in [-0.15, -0.1) is 11.3 Å². The first-order chi connectivity index (χ1) is 16.6. The van der Waals surface area contributed by atoms with Crippen LogP contribution in [0.15, 0.2) is 52.3 Å². The number of carbonyl (C=O) groups excluding carboxylic acids is 1. The fraction of sp³-hybridized carbons (Fsp3) is 0.292. The number of halogens is 3. The fourth-order valence-corrected chi connectivity index (χ4v) is 5.79. The third kappa shape index (κ3) is 5.46. The third-order valence-electron chi connectivity index (χ3n) is 5.15. The molecule has 0 saturated carbocycles. The average Bonchev–Trinajstić information content (AvgIpc) is 3.32. The number of alkyl halides is 3. The molecule has 1 aliphatic rings. The van der Waals surface area contributed by atoms with Crippen LogP contribution < -0.4 is 24.2 Å². The van der Waals surface area contributed by atoms with E-state index in [9.17, 15) is 22.8 Å². The lowest BCUT2D eigenvalue weighted by Crippen LogP contribution is -2.37. The highest BCUT2D eigenvalue weighted by atomic mass is 32.2. The molecule has 3 aromatic rings. The molecule has 0 saturated heterocycles. The normalized spacial score (nSPS) is 15.0. The number of pyridine rings is 1. The summed E-state index contributed by atoms with van der Waals surface area (Å²) in [5.41, 5.74) is 0.228. The third-order valence-corrected chi connectivity index (χ3v) is 7.61. The monoisotopic (exact) mass is 524 g/mol. The van der Waals surface area contributed by atoms with Gasteiger partial charge in [-0.25, -0.2) is 4.57 Å². The van der Waals surface area contributed by atoms with Crippen LogP contribution in [0.5, 0.6) is 0 Å². The highest BCUT2D eigenvalue weighted by Gasteiger charge is 2.33. The molecule has 0 unspecified atom stereocenters. The molecule has 0 radical (unpaired) electrons. The minimum Gasteiger partial charge on any atom is -0.468 e. The van der Waals surface area contributed by atoms with E-state index in [1.54, 1.807) is 18.0 Å². The van der Waals surface area contributed by atoms with Gasteiger partial charge in [0.25, 0.3) is 5.56 Å². The van der Waals surface area contributed by atoms with Crippen LogP contribution in [0.1, 0.15) is 25.1 Å². The Morgan fingerprint density at radius 3 is 2.54 bits per heavy atom. The summed E-state index contributed by atoms with van der Waals surface area (Å²) < 4.78 is 48.3. The molecule has 6 nitrogen and oxygen atoms in total. The van der Waals surface area contributed by atoms with Crippen LogP contribution in [0.25, 0.3) is 11.1 Å². The van der Waals surface area contributed by atoms with Crippen molar-refractivity contribution in [3.8, 4) is 0 Å². The molecule has 4 rings (SSSR count). The van der Waals surface area contributed by atoms with Crippen LogP contribution in [-0.2, 0) is 29.3 Å². The van der Waals surface area contributed by atoms with Gasteiger partial charge in [0.15, 0.2) is 6.20 Å². The van der Waals surface area contributed by atoms with E-state index < -0.39 is 23.3 Å². The van der Waals surface area contributed by atoms with Gasteiger partial charge in [-0.1, -0.05) is 25.6 Å². The number of hydrogen-bond donors (Lipinski definition) is 0. The zero-order valence-corrected chi connectivity index (χ0v) is 21.5. The van der Waals surface area contributed by atoms with Gasteiger partial charge in [0.1, 0.15) is 27.8 Å². The van der Waals surface area contributed by atoms with Crippen molar-refractivity contribution in [2.24, 2.45) is 7.05 Å². The van der Waals surface area contributed by atoms with Crippen LogP contribution in [-0.4, -0.2) is 24.7 Å². The molecule has 1 aromatic carbocycles. The quantitative estimate of drug-likeness (QED) is 0.390. The van der Waals surface area contributed by atoms with Gasteiger partial charge in [-0.2, -0.15) is 13.2 Å². The van der Waals surface area contributed by atoms with Gasteiger partial charge in [0.05, 0.1) is 18.4 Å². The predicted molar refractivity (Wildman–Crippen MR) is 131 cm³/mol. The maximum Gasteiger partial charge on any atom is 0.416 e. The number of carbonyl (C=O) groups is 1. The number of nitrogens with zero attached hydrogens (tertiary/aromatic N) is 3. The molecule has 0 spiro atoms. The first-order valence-corrected chi connectivity index (χ1v) is 12.3. The van der Waals surface area contributed by atoms with Crippen LogP contribution in [0.3, 0.4) is 0 Å². The standard InChI is InChI=1S/C22H19F3N3O3S2.C2H6/c1-26-9-5-4-6-14(26)11-17-28(12-18(29)31-3)20(30)19(33-17)21-27(2)15-8-7-13(22(23,24)25)10-16(15)32-21;1-2/h4-11H,12H2,1-3H3;1-2H3/q+1;/b21-19+;. The molecule has 186 valence electrons. The number of esters is 1. The lowest BCUT2D eigenvalue weighted by molar-refractivity contribution is -0.673. The van der Waals surface area contributed by atoms with Gasteiger partial charge >= 0.3 is 12.1 Å². The number of methoxy groups -OCH3 is 1. The summed E-state index contributed by atoms with van der Waals surface area (Å²) in [4.78, 5) is 27.4. The molecule has 0 amide bonds. The molecule has 2 aromatic heterocycles. The van der Waals surface area contributed by atoms with E-state index in [4.69, 9.17) is 4.74 Å². The van der Waals surface area contributed by atoms with E-state index in [-0.39, 0.29) is 6.54 Å². The van der Waals surface area contributed by atoms with Gasteiger partial charge in [0.2, 0.25) is 5.69 Å². The van der Waals surface area contributed by atoms with Gasteiger partial charge in [0, 0.05) is 30.2 Å². The summed E-state index contributed by atoms with van der Waals surface area (Å²) in [5, 5.41) is 0.509. The Hall–Kier alpha value is -3.05. The van der Waals surface area contributed by atoms with Gasteiger partial charge in [-0.05, 0) is 24.3 Å². The molecule has 0 bridgehead atoms. The predicted octanol–water partition coefficient (Wildman–Crippen LogP) is 3.09. The topological polar surface area (TPSA) is 55.4 Å². The van der Waals surface area contributed by atoms with E-state index in [2.05, 4.69) is 0 Å². The maximum absolute atomic E-state index is 13.3. The molecule has 3 heterocycles. The smallest absolute Gasteiger partial charge is 0.416 e. The zero-order chi connectivity index (χ0) is 25.9. The van der Waals surface area contributed by atoms with E-state index in [1.165, 1.54) is 29.1 Å². The largest absolute Gasteiger partial charge is 0.468 e. The van der Waals surface area contributed by atoms with Crippen molar-refractivity contribution in [2.45, 2.75) is 31.5 Å². The fourth-order valence-electron chi connectivity index (χ4n) is 3.35. The summed E-state index contributed by atoms with van der Waals surface area (Å²) in [6.45, 7) is 3.72. The lowest BCUT2D eigenvalue weighted by atomic mass is 10.2. The Labute approximate surface area is 208 Å². The van der Waals surface area contributed by atoms with Crippen molar-refractivity contribution in [3.05, 3.63) is 73.4 Å². The highest BCUT2D eigenvalue weighted by Crippen LogP contribution is 2.47. The minimum absolute atomic E-state index is 0.277. The second-order valence-electron chi connectivity index (χ2n) is 7.26. The van der Waals surface area contributed by atoms with Crippen LogP contribution in [0.2, 0.25) is 0 Å².